The first-order valence-electron chi connectivity index (χ1n) is 10.5. The summed E-state index contributed by atoms with van der Waals surface area (Å²) in [5.74, 6) is 0.728. The SMILES string of the molecule is COC(=O)NCCCc1nc([C@@H](C)N(C(=O)[C@H]2CNCCO2)C2CC2)ccc1OC. The zero-order valence-corrected chi connectivity index (χ0v) is 18.0. The van der Waals surface area contributed by atoms with Gasteiger partial charge in [-0.25, -0.2) is 4.79 Å². The molecule has 0 spiro atoms. The Morgan fingerprint density at radius 1 is 1.37 bits per heavy atom. The van der Waals surface area contributed by atoms with Crippen molar-refractivity contribution < 1.29 is 23.8 Å². The van der Waals surface area contributed by atoms with Crippen LogP contribution in [0.5, 0.6) is 5.75 Å². The van der Waals surface area contributed by atoms with Crippen molar-refractivity contribution in [1.29, 1.82) is 0 Å². The second kappa shape index (κ2) is 10.6. The Morgan fingerprint density at radius 2 is 2.17 bits per heavy atom. The van der Waals surface area contributed by atoms with Crippen molar-refractivity contribution in [1.82, 2.24) is 20.5 Å². The van der Waals surface area contributed by atoms with Gasteiger partial charge in [-0.05, 0) is 44.7 Å². The van der Waals surface area contributed by atoms with Crippen LogP contribution < -0.4 is 15.4 Å². The van der Waals surface area contributed by atoms with Crippen LogP contribution in [0, 0.1) is 0 Å². The minimum absolute atomic E-state index is 0.0265. The number of rotatable bonds is 9. The van der Waals surface area contributed by atoms with Gasteiger partial charge in [0.25, 0.3) is 5.91 Å². The van der Waals surface area contributed by atoms with E-state index in [9.17, 15) is 9.59 Å². The van der Waals surface area contributed by atoms with Crippen molar-refractivity contribution in [3.05, 3.63) is 23.5 Å². The highest BCUT2D eigenvalue weighted by Gasteiger charge is 2.40. The lowest BCUT2D eigenvalue weighted by molar-refractivity contribution is -0.148. The predicted molar refractivity (Wildman–Crippen MR) is 110 cm³/mol. The largest absolute Gasteiger partial charge is 0.495 e. The molecule has 3 rings (SSSR count). The lowest BCUT2D eigenvalue weighted by Gasteiger charge is -2.34. The number of hydrogen-bond acceptors (Lipinski definition) is 7. The number of alkyl carbamates (subject to hydrolysis) is 1. The fourth-order valence-corrected chi connectivity index (χ4v) is 3.69. The number of amides is 2. The highest BCUT2D eigenvalue weighted by molar-refractivity contribution is 5.82. The zero-order chi connectivity index (χ0) is 21.5. The van der Waals surface area contributed by atoms with E-state index in [1.165, 1.54) is 7.11 Å². The number of carbonyl (C=O) groups excluding carboxylic acids is 2. The number of aromatic nitrogens is 1. The van der Waals surface area contributed by atoms with E-state index in [4.69, 9.17) is 14.5 Å². The first-order chi connectivity index (χ1) is 14.5. The average Bonchev–Trinajstić information content (AvgIpc) is 3.62. The van der Waals surface area contributed by atoms with Crippen LogP contribution in [-0.4, -0.2) is 74.5 Å². The van der Waals surface area contributed by atoms with Gasteiger partial charge in [0.15, 0.2) is 0 Å². The van der Waals surface area contributed by atoms with Crippen LogP contribution >= 0.6 is 0 Å². The summed E-state index contributed by atoms with van der Waals surface area (Å²) in [7, 11) is 2.95. The fraction of sp³-hybridized carbons (Fsp3) is 0.667. The summed E-state index contributed by atoms with van der Waals surface area (Å²) >= 11 is 0. The second-order valence-corrected chi connectivity index (χ2v) is 7.62. The molecule has 1 saturated carbocycles. The molecule has 1 aromatic heterocycles. The van der Waals surface area contributed by atoms with E-state index in [0.717, 1.165) is 30.8 Å². The van der Waals surface area contributed by atoms with Gasteiger partial charge in [0.1, 0.15) is 11.9 Å². The molecule has 0 radical (unpaired) electrons. The third-order valence-corrected chi connectivity index (χ3v) is 5.46. The third-order valence-electron chi connectivity index (χ3n) is 5.46. The molecule has 2 atom stereocenters. The van der Waals surface area contributed by atoms with Crippen LogP contribution in [-0.2, 0) is 20.7 Å². The number of aryl methyl sites for hydroxylation is 1. The van der Waals surface area contributed by atoms with Crippen molar-refractivity contribution in [3.8, 4) is 5.75 Å². The lowest BCUT2D eigenvalue weighted by Crippen LogP contribution is -2.50. The maximum Gasteiger partial charge on any atom is 0.406 e. The summed E-state index contributed by atoms with van der Waals surface area (Å²) in [5.41, 5.74) is 1.64. The van der Waals surface area contributed by atoms with E-state index in [1.807, 2.05) is 24.0 Å². The Balaban J connectivity index is 1.70. The summed E-state index contributed by atoms with van der Waals surface area (Å²) in [6.07, 6.45) is 2.47. The summed E-state index contributed by atoms with van der Waals surface area (Å²) in [6, 6.07) is 3.90. The molecule has 2 heterocycles. The van der Waals surface area contributed by atoms with Crippen molar-refractivity contribution in [3.63, 3.8) is 0 Å². The van der Waals surface area contributed by atoms with Crippen LogP contribution in [0.3, 0.4) is 0 Å². The molecule has 9 heteroatoms. The topological polar surface area (TPSA) is 102 Å². The molecular formula is C21H32N4O5. The predicted octanol–water partition coefficient (Wildman–Crippen LogP) is 1.42. The Bertz CT molecular complexity index is 734. The normalized spacial score (nSPS) is 19.6. The number of ether oxygens (including phenoxy) is 3. The van der Waals surface area contributed by atoms with E-state index in [0.29, 0.717) is 38.3 Å². The first kappa shape index (κ1) is 22.3. The summed E-state index contributed by atoms with van der Waals surface area (Å²) in [6.45, 7) is 4.37. The molecule has 2 N–H and O–H groups in total. The molecule has 1 saturated heterocycles. The molecule has 0 aromatic carbocycles. The first-order valence-corrected chi connectivity index (χ1v) is 10.5. The van der Waals surface area contributed by atoms with Gasteiger partial charge in [-0.2, -0.15) is 0 Å². The Labute approximate surface area is 177 Å². The molecule has 30 heavy (non-hydrogen) atoms. The van der Waals surface area contributed by atoms with Crippen LogP contribution in [0.1, 0.15) is 43.6 Å². The number of methoxy groups -OCH3 is 2. The highest BCUT2D eigenvalue weighted by atomic mass is 16.5. The van der Waals surface area contributed by atoms with Crippen molar-refractivity contribution in [2.24, 2.45) is 0 Å². The molecule has 2 aliphatic rings. The highest BCUT2D eigenvalue weighted by Crippen LogP contribution is 2.35. The van der Waals surface area contributed by atoms with E-state index >= 15 is 0 Å². The maximum atomic E-state index is 13.2. The van der Waals surface area contributed by atoms with Crippen LogP contribution in [0.4, 0.5) is 4.79 Å². The van der Waals surface area contributed by atoms with Gasteiger partial charge in [0.05, 0.1) is 38.3 Å². The van der Waals surface area contributed by atoms with Crippen molar-refractivity contribution in [2.45, 2.75) is 50.8 Å². The van der Waals surface area contributed by atoms with Crippen LogP contribution in [0.2, 0.25) is 0 Å². The second-order valence-electron chi connectivity index (χ2n) is 7.62. The maximum absolute atomic E-state index is 13.2. The number of nitrogens with one attached hydrogen (secondary N) is 2. The third kappa shape index (κ3) is 5.60. The smallest absolute Gasteiger partial charge is 0.406 e. The van der Waals surface area contributed by atoms with E-state index in [1.54, 1.807) is 7.11 Å². The molecule has 9 nitrogen and oxygen atoms in total. The van der Waals surface area contributed by atoms with Crippen molar-refractivity contribution >= 4 is 12.0 Å². The van der Waals surface area contributed by atoms with Gasteiger partial charge in [-0.3, -0.25) is 9.78 Å². The fourth-order valence-electron chi connectivity index (χ4n) is 3.69. The average molecular weight is 421 g/mol. The summed E-state index contributed by atoms with van der Waals surface area (Å²) < 4.78 is 15.7. The molecule has 0 bridgehead atoms. The van der Waals surface area contributed by atoms with Gasteiger partial charge >= 0.3 is 6.09 Å². The molecule has 1 aliphatic heterocycles. The molecule has 2 amide bonds. The molecule has 2 fully saturated rings. The van der Waals surface area contributed by atoms with Gasteiger partial charge in [0, 0.05) is 25.7 Å². The number of morpholine rings is 1. The van der Waals surface area contributed by atoms with Gasteiger partial charge < -0.3 is 29.7 Å². The van der Waals surface area contributed by atoms with Crippen LogP contribution in [0.25, 0.3) is 0 Å². The number of pyridine rings is 1. The summed E-state index contributed by atoms with van der Waals surface area (Å²) in [4.78, 5) is 31.1. The number of carbonyl (C=O) groups is 2. The minimum atomic E-state index is -0.449. The Kier molecular flexibility index (Phi) is 7.87. The zero-order valence-electron chi connectivity index (χ0n) is 18.0. The van der Waals surface area contributed by atoms with Gasteiger partial charge in [-0.15, -0.1) is 0 Å². The number of nitrogens with zero attached hydrogens (tertiary/aromatic N) is 2. The molecule has 0 unspecified atom stereocenters. The van der Waals surface area contributed by atoms with Crippen molar-refractivity contribution in [2.75, 3.05) is 40.5 Å². The van der Waals surface area contributed by atoms with Gasteiger partial charge in [0.2, 0.25) is 0 Å². The van der Waals surface area contributed by atoms with Gasteiger partial charge in [-0.1, -0.05) is 0 Å². The lowest BCUT2D eigenvalue weighted by atomic mass is 10.1. The van der Waals surface area contributed by atoms with E-state index in [2.05, 4.69) is 15.4 Å². The standard InChI is InChI=1S/C21H32N4O5/c1-14(25(15-6-7-15)20(26)19-13-22-11-12-30-19)16-8-9-18(28-2)17(24-16)5-4-10-23-21(27)29-3/h8-9,14-15,19,22H,4-7,10-13H2,1-3H3,(H,23,27)/t14-,19-/m1/s1. The molecule has 1 aromatic rings. The minimum Gasteiger partial charge on any atom is -0.495 e. The van der Waals surface area contributed by atoms with E-state index in [-0.39, 0.29) is 18.0 Å². The monoisotopic (exact) mass is 420 g/mol. The molecule has 166 valence electrons. The van der Waals surface area contributed by atoms with E-state index < -0.39 is 12.2 Å². The summed E-state index contributed by atoms with van der Waals surface area (Å²) in [5, 5.41) is 5.90. The Hall–Kier alpha value is -2.39. The van der Waals surface area contributed by atoms with Crippen LogP contribution in [0.15, 0.2) is 12.1 Å². The number of hydrogen-bond donors (Lipinski definition) is 2. The quantitative estimate of drug-likeness (QED) is 0.583. The molecule has 1 aliphatic carbocycles. The Morgan fingerprint density at radius 3 is 2.80 bits per heavy atom. The molecular weight excluding hydrogens is 388 g/mol.